The molecule has 0 aliphatic heterocycles. The number of benzene rings is 1. The van der Waals surface area contributed by atoms with Gasteiger partial charge in [-0.05, 0) is 44.1 Å². The molecule has 3 aromatic rings. The Labute approximate surface area is 165 Å². The number of carbonyl (C=O) groups is 1. The van der Waals surface area contributed by atoms with E-state index in [1.807, 2.05) is 50.2 Å². The van der Waals surface area contributed by atoms with Crippen molar-refractivity contribution in [2.75, 3.05) is 27.2 Å². The number of hydrogen-bond donors (Lipinski definition) is 0. The van der Waals surface area contributed by atoms with Gasteiger partial charge in [0.2, 0.25) is 0 Å². The van der Waals surface area contributed by atoms with Gasteiger partial charge in [0.1, 0.15) is 10.5 Å². The fourth-order valence-electron chi connectivity index (χ4n) is 3.12. The Balaban J connectivity index is 1.93. The largest absolute Gasteiger partial charge is 0.332 e. The molecule has 0 fully saturated rings. The predicted molar refractivity (Wildman–Crippen MR) is 114 cm³/mol. The van der Waals surface area contributed by atoms with Crippen molar-refractivity contribution in [3.05, 3.63) is 71.3 Å². The van der Waals surface area contributed by atoms with Gasteiger partial charge in [-0.3, -0.25) is 4.79 Å². The zero-order valence-corrected chi connectivity index (χ0v) is 17.1. The highest BCUT2D eigenvalue weighted by atomic mass is 32.1. The Hall–Kier alpha value is -2.37. The van der Waals surface area contributed by atoms with Crippen molar-refractivity contribution in [2.24, 2.45) is 0 Å². The van der Waals surface area contributed by atoms with E-state index in [1.165, 1.54) is 0 Å². The Kier molecular flexibility index (Phi) is 6.14. The molecule has 142 valence electrons. The van der Waals surface area contributed by atoms with Crippen molar-refractivity contribution in [1.82, 2.24) is 14.4 Å². The Morgan fingerprint density at radius 1 is 1.15 bits per heavy atom. The SMILES string of the molecule is C=C(C)Cn1c(C(=O)N(CCN(C)C)Cc2ccccc2)cc2ccsc21. The average molecular weight is 382 g/mol. The number of amides is 1. The number of fused-ring (bicyclic) bond motifs is 1. The van der Waals surface area contributed by atoms with Crippen LogP contribution in [-0.2, 0) is 13.1 Å². The maximum atomic E-state index is 13.5. The van der Waals surface area contributed by atoms with Gasteiger partial charge < -0.3 is 14.4 Å². The number of nitrogens with zero attached hydrogens (tertiary/aromatic N) is 3. The van der Waals surface area contributed by atoms with E-state index in [0.29, 0.717) is 19.6 Å². The second-order valence-electron chi connectivity index (χ2n) is 7.27. The molecule has 0 saturated heterocycles. The summed E-state index contributed by atoms with van der Waals surface area (Å²) in [5.74, 6) is 0.0744. The standard InChI is InChI=1S/C22H27N3OS/c1-17(2)15-25-20(14-19-10-13-27-22(19)25)21(26)24(12-11-23(3)4)16-18-8-6-5-7-9-18/h5-10,13-14H,1,11-12,15-16H2,2-4H3. The van der Waals surface area contributed by atoms with Crippen molar-refractivity contribution in [2.45, 2.75) is 20.0 Å². The molecular weight excluding hydrogens is 354 g/mol. The van der Waals surface area contributed by atoms with Crippen LogP contribution in [0.4, 0.5) is 0 Å². The van der Waals surface area contributed by atoms with E-state index in [0.717, 1.165) is 33.6 Å². The van der Waals surface area contributed by atoms with Gasteiger partial charge in [-0.1, -0.05) is 42.5 Å². The molecule has 1 aromatic carbocycles. The molecule has 0 spiro atoms. The quantitative estimate of drug-likeness (QED) is 0.538. The third-order valence-electron chi connectivity index (χ3n) is 4.47. The zero-order chi connectivity index (χ0) is 19.4. The molecule has 3 rings (SSSR count). The van der Waals surface area contributed by atoms with Gasteiger partial charge in [-0.15, -0.1) is 11.3 Å². The second-order valence-corrected chi connectivity index (χ2v) is 8.16. The molecule has 0 radical (unpaired) electrons. The van der Waals surface area contributed by atoms with Crippen LogP contribution in [0.1, 0.15) is 23.0 Å². The first kappa shape index (κ1) is 19.4. The van der Waals surface area contributed by atoms with Crippen molar-refractivity contribution in [3.8, 4) is 0 Å². The summed E-state index contributed by atoms with van der Waals surface area (Å²) < 4.78 is 2.11. The second kappa shape index (κ2) is 8.55. The molecule has 0 N–H and O–H groups in total. The van der Waals surface area contributed by atoms with Gasteiger partial charge >= 0.3 is 0 Å². The Bertz CT molecular complexity index is 924. The van der Waals surface area contributed by atoms with Crippen LogP contribution in [-0.4, -0.2) is 47.5 Å². The highest BCUT2D eigenvalue weighted by Gasteiger charge is 2.22. The fraction of sp³-hybridized carbons (Fsp3) is 0.318. The molecule has 5 heteroatoms. The minimum atomic E-state index is 0.0744. The first-order valence-corrected chi connectivity index (χ1v) is 10.0. The van der Waals surface area contributed by atoms with Crippen LogP contribution in [0.3, 0.4) is 0 Å². The summed E-state index contributed by atoms with van der Waals surface area (Å²) in [6.45, 7) is 8.84. The van der Waals surface area contributed by atoms with Crippen LogP contribution in [0.25, 0.3) is 10.2 Å². The number of rotatable bonds is 8. The lowest BCUT2D eigenvalue weighted by Gasteiger charge is -2.25. The Morgan fingerprint density at radius 3 is 2.56 bits per heavy atom. The first-order valence-electron chi connectivity index (χ1n) is 9.14. The van der Waals surface area contributed by atoms with Crippen molar-refractivity contribution >= 4 is 27.5 Å². The van der Waals surface area contributed by atoms with Gasteiger partial charge in [0.25, 0.3) is 5.91 Å². The molecule has 0 atom stereocenters. The molecular formula is C22H27N3OS. The summed E-state index contributed by atoms with van der Waals surface area (Å²) in [6.07, 6.45) is 0. The molecule has 0 saturated carbocycles. The lowest BCUT2D eigenvalue weighted by Crippen LogP contribution is -2.37. The third-order valence-corrected chi connectivity index (χ3v) is 5.42. The number of hydrogen-bond acceptors (Lipinski definition) is 3. The van der Waals surface area contributed by atoms with Gasteiger partial charge in [0.15, 0.2) is 0 Å². The maximum Gasteiger partial charge on any atom is 0.270 e. The lowest BCUT2D eigenvalue weighted by atomic mass is 10.2. The summed E-state index contributed by atoms with van der Waals surface area (Å²) in [5, 5.41) is 3.19. The number of thiophene rings is 1. The van der Waals surface area contributed by atoms with E-state index in [2.05, 4.69) is 39.6 Å². The minimum absolute atomic E-state index is 0.0744. The highest BCUT2D eigenvalue weighted by Crippen LogP contribution is 2.27. The molecule has 4 nitrogen and oxygen atoms in total. The van der Waals surface area contributed by atoms with E-state index in [9.17, 15) is 4.79 Å². The summed E-state index contributed by atoms with van der Waals surface area (Å²) in [6, 6.07) is 14.3. The van der Waals surface area contributed by atoms with E-state index in [1.54, 1.807) is 11.3 Å². The molecule has 2 aromatic heterocycles. The number of likely N-dealkylation sites (N-methyl/N-ethyl adjacent to an activating group) is 1. The molecule has 0 aliphatic rings. The zero-order valence-electron chi connectivity index (χ0n) is 16.3. The lowest BCUT2D eigenvalue weighted by molar-refractivity contribution is 0.0722. The van der Waals surface area contributed by atoms with Gasteiger partial charge in [-0.25, -0.2) is 0 Å². The fourth-order valence-corrected chi connectivity index (χ4v) is 4.01. The normalized spacial score (nSPS) is 11.3. The van der Waals surface area contributed by atoms with Crippen LogP contribution in [0.5, 0.6) is 0 Å². The van der Waals surface area contributed by atoms with E-state index in [-0.39, 0.29) is 5.91 Å². The van der Waals surface area contributed by atoms with Crippen molar-refractivity contribution < 1.29 is 4.79 Å². The van der Waals surface area contributed by atoms with E-state index in [4.69, 9.17) is 0 Å². The smallest absolute Gasteiger partial charge is 0.270 e. The molecule has 0 bridgehead atoms. The van der Waals surface area contributed by atoms with Crippen LogP contribution in [0, 0.1) is 0 Å². The molecule has 0 unspecified atom stereocenters. The topological polar surface area (TPSA) is 28.5 Å². The van der Waals surface area contributed by atoms with E-state index < -0.39 is 0 Å². The molecule has 1 amide bonds. The summed E-state index contributed by atoms with van der Waals surface area (Å²) in [5.41, 5.74) is 2.93. The van der Waals surface area contributed by atoms with Crippen LogP contribution < -0.4 is 0 Å². The number of aromatic nitrogens is 1. The van der Waals surface area contributed by atoms with E-state index >= 15 is 0 Å². The average Bonchev–Trinajstić information content (AvgIpc) is 3.21. The highest BCUT2D eigenvalue weighted by molar-refractivity contribution is 7.16. The predicted octanol–water partition coefficient (Wildman–Crippen LogP) is 4.48. The van der Waals surface area contributed by atoms with Gasteiger partial charge in [0, 0.05) is 31.6 Å². The van der Waals surface area contributed by atoms with Crippen LogP contribution in [0.2, 0.25) is 0 Å². The Morgan fingerprint density at radius 2 is 1.89 bits per heavy atom. The van der Waals surface area contributed by atoms with Gasteiger partial charge in [0.05, 0.1) is 0 Å². The minimum Gasteiger partial charge on any atom is -0.332 e. The number of allylic oxidation sites excluding steroid dienone is 1. The summed E-state index contributed by atoms with van der Waals surface area (Å²) in [7, 11) is 4.07. The number of carbonyl (C=O) groups excluding carboxylic acids is 1. The van der Waals surface area contributed by atoms with Crippen LogP contribution >= 0.6 is 11.3 Å². The van der Waals surface area contributed by atoms with Gasteiger partial charge in [-0.2, -0.15) is 0 Å². The summed E-state index contributed by atoms with van der Waals surface area (Å²) >= 11 is 1.67. The summed E-state index contributed by atoms with van der Waals surface area (Å²) in [4.78, 5) is 18.7. The monoisotopic (exact) mass is 381 g/mol. The molecule has 2 heterocycles. The van der Waals surface area contributed by atoms with Crippen molar-refractivity contribution in [3.63, 3.8) is 0 Å². The maximum absolute atomic E-state index is 13.5. The van der Waals surface area contributed by atoms with Crippen LogP contribution in [0.15, 0.2) is 60.0 Å². The first-order chi connectivity index (χ1) is 13.0. The molecule has 0 aliphatic carbocycles. The van der Waals surface area contributed by atoms with Crippen molar-refractivity contribution in [1.29, 1.82) is 0 Å². The molecule has 27 heavy (non-hydrogen) atoms. The third kappa shape index (κ3) is 4.67.